The predicted molar refractivity (Wildman–Crippen MR) is 118 cm³/mol. The maximum atomic E-state index is 13.3. The van der Waals surface area contributed by atoms with Crippen molar-refractivity contribution in [2.24, 2.45) is 5.41 Å². The maximum Gasteiger partial charge on any atom is 0.123 e. The summed E-state index contributed by atoms with van der Waals surface area (Å²) in [4.78, 5) is 0. The van der Waals surface area contributed by atoms with Gasteiger partial charge in [-0.3, -0.25) is 0 Å². The number of fused-ring (bicyclic) bond motifs is 2. The van der Waals surface area contributed by atoms with Gasteiger partial charge in [0.1, 0.15) is 5.82 Å². The first kappa shape index (κ1) is 20.2. The fraction of sp³-hybridized carbons (Fsp3) is 0.346. The zero-order valence-corrected chi connectivity index (χ0v) is 17.7. The summed E-state index contributed by atoms with van der Waals surface area (Å²) in [5.74, 6) is -0.265. The van der Waals surface area contributed by atoms with Gasteiger partial charge in [0.2, 0.25) is 0 Å². The van der Waals surface area contributed by atoms with Crippen LogP contribution >= 0.6 is 0 Å². The van der Waals surface area contributed by atoms with Crippen LogP contribution < -0.4 is 0 Å². The molecule has 0 saturated heterocycles. The van der Waals surface area contributed by atoms with Crippen LogP contribution in [0.15, 0.2) is 60.3 Å². The van der Waals surface area contributed by atoms with Crippen molar-refractivity contribution >= 4 is 6.08 Å². The Kier molecular flexibility index (Phi) is 4.83. The summed E-state index contributed by atoms with van der Waals surface area (Å²) in [7, 11) is 0. The Morgan fingerprint density at radius 2 is 1.84 bits per heavy atom. The minimum atomic E-state index is -0.808. The van der Waals surface area contributed by atoms with Crippen molar-refractivity contribution in [3.63, 3.8) is 0 Å². The molecule has 160 valence electrons. The summed E-state index contributed by atoms with van der Waals surface area (Å²) in [6.45, 7) is 2.19. The molecule has 2 aromatic carbocycles. The lowest BCUT2D eigenvalue weighted by Gasteiger charge is -2.42. The molecule has 2 N–H and O–H groups in total. The van der Waals surface area contributed by atoms with Crippen molar-refractivity contribution < 1.29 is 14.6 Å². The highest BCUT2D eigenvalue weighted by Gasteiger charge is 2.54. The molecule has 31 heavy (non-hydrogen) atoms. The van der Waals surface area contributed by atoms with Gasteiger partial charge in [-0.05, 0) is 79.1 Å². The first-order chi connectivity index (χ1) is 14.9. The Bertz CT molecular complexity index is 1150. The minimum Gasteiger partial charge on any atom is -0.392 e. The van der Waals surface area contributed by atoms with Crippen LogP contribution in [0.5, 0.6) is 0 Å². The lowest BCUT2D eigenvalue weighted by molar-refractivity contribution is -0.0462. The van der Waals surface area contributed by atoms with Gasteiger partial charge in [0.25, 0.3) is 0 Å². The number of hydrogen-bond donors (Lipinski definition) is 2. The Balaban J connectivity index is 1.44. The van der Waals surface area contributed by atoms with Crippen molar-refractivity contribution in [3.8, 4) is 5.69 Å². The number of rotatable bonds is 5. The van der Waals surface area contributed by atoms with Crippen LogP contribution in [-0.4, -0.2) is 25.6 Å². The molecule has 0 spiro atoms. The fourth-order valence-electron chi connectivity index (χ4n) is 5.42. The van der Waals surface area contributed by atoms with E-state index in [1.807, 2.05) is 35.1 Å². The highest BCUT2D eigenvalue weighted by atomic mass is 19.1. The molecular formula is C26H27FN2O2. The van der Waals surface area contributed by atoms with Gasteiger partial charge in [-0.25, -0.2) is 9.07 Å². The van der Waals surface area contributed by atoms with Crippen LogP contribution in [0.3, 0.4) is 0 Å². The smallest absolute Gasteiger partial charge is 0.123 e. The summed E-state index contributed by atoms with van der Waals surface area (Å²) in [5, 5.41) is 26.0. The van der Waals surface area contributed by atoms with Crippen LogP contribution in [0.2, 0.25) is 0 Å². The predicted octanol–water partition coefficient (Wildman–Crippen LogP) is 4.61. The van der Waals surface area contributed by atoms with Crippen LogP contribution in [0.25, 0.3) is 11.8 Å². The topological polar surface area (TPSA) is 58.3 Å². The van der Waals surface area contributed by atoms with E-state index in [4.69, 9.17) is 0 Å². The van der Waals surface area contributed by atoms with E-state index in [0.717, 1.165) is 53.8 Å². The standard InChI is InChI=1S/C26H27FN2O2/c1-25-15-20-16-28-29(23-8-6-22(27)7-9-23)24(20)14-21(25)11-13-26(25,31)12-10-18-4-2-3-5-19(18)17-30/h2-9,14,16,30-31H,10-13,15,17H2,1H3/t25?,26-/m0/s1. The summed E-state index contributed by atoms with van der Waals surface area (Å²) < 4.78 is 15.2. The van der Waals surface area contributed by atoms with Crippen molar-refractivity contribution in [3.05, 3.63) is 88.5 Å². The summed E-state index contributed by atoms with van der Waals surface area (Å²) >= 11 is 0. The van der Waals surface area contributed by atoms with Gasteiger partial charge in [0, 0.05) is 5.41 Å². The molecule has 1 saturated carbocycles. The average Bonchev–Trinajstić information content (AvgIpc) is 3.29. The van der Waals surface area contributed by atoms with Gasteiger partial charge < -0.3 is 10.2 Å². The van der Waals surface area contributed by atoms with Crippen molar-refractivity contribution in [2.45, 2.75) is 51.2 Å². The van der Waals surface area contributed by atoms with E-state index in [1.165, 1.54) is 17.7 Å². The van der Waals surface area contributed by atoms with E-state index in [2.05, 4.69) is 18.1 Å². The van der Waals surface area contributed by atoms with E-state index in [-0.39, 0.29) is 17.8 Å². The Morgan fingerprint density at radius 1 is 1.10 bits per heavy atom. The molecule has 1 fully saturated rings. The lowest BCUT2D eigenvalue weighted by atomic mass is 9.65. The van der Waals surface area contributed by atoms with E-state index in [9.17, 15) is 14.6 Å². The van der Waals surface area contributed by atoms with Crippen LogP contribution in [-0.2, 0) is 19.4 Å². The van der Waals surface area contributed by atoms with Crippen molar-refractivity contribution in [1.82, 2.24) is 9.78 Å². The Hall–Kier alpha value is -2.76. The zero-order chi connectivity index (χ0) is 21.6. The molecular weight excluding hydrogens is 391 g/mol. The Morgan fingerprint density at radius 3 is 2.58 bits per heavy atom. The quantitative estimate of drug-likeness (QED) is 0.636. The molecule has 2 aliphatic rings. The number of aromatic nitrogens is 2. The average molecular weight is 419 g/mol. The first-order valence-electron chi connectivity index (χ1n) is 10.9. The molecule has 0 radical (unpaired) electrons. The third-order valence-corrected chi connectivity index (χ3v) is 7.45. The molecule has 1 unspecified atom stereocenters. The summed E-state index contributed by atoms with van der Waals surface area (Å²) in [5.41, 5.74) is 5.08. The third-order valence-electron chi connectivity index (χ3n) is 7.45. The van der Waals surface area contributed by atoms with Crippen molar-refractivity contribution in [1.29, 1.82) is 0 Å². The van der Waals surface area contributed by atoms with E-state index < -0.39 is 5.60 Å². The van der Waals surface area contributed by atoms with Crippen LogP contribution in [0.4, 0.5) is 4.39 Å². The molecule has 0 aliphatic heterocycles. The largest absolute Gasteiger partial charge is 0.392 e. The molecule has 2 atom stereocenters. The monoisotopic (exact) mass is 418 g/mol. The number of hydrogen-bond acceptors (Lipinski definition) is 3. The highest BCUT2D eigenvalue weighted by molar-refractivity contribution is 5.62. The summed E-state index contributed by atoms with van der Waals surface area (Å²) in [6, 6.07) is 14.3. The minimum absolute atomic E-state index is 0.0168. The Labute approximate surface area is 181 Å². The van der Waals surface area contributed by atoms with E-state index in [0.29, 0.717) is 6.42 Å². The number of nitrogens with zero attached hydrogens (tertiary/aromatic N) is 2. The van der Waals surface area contributed by atoms with Gasteiger partial charge in [-0.15, -0.1) is 0 Å². The number of aliphatic hydroxyl groups is 2. The molecule has 0 bridgehead atoms. The molecule has 1 heterocycles. The van der Waals surface area contributed by atoms with Crippen LogP contribution in [0.1, 0.15) is 48.6 Å². The molecule has 2 aliphatic carbocycles. The number of benzene rings is 2. The molecule has 5 heteroatoms. The van der Waals surface area contributed by atoms with Gasteiger partial charge in [0.15, 0.2) is 0 Å². The van der Waals surface area contributed by atoms with Gasteiger partial charge >= 0.3 is 0 Å². The molecule has 4 nitrogen and oxygen atoms in total. The first-order valence-corrected chi connectivity index (χ1v) is 10.9. The third kappa shape index (κ3) is 3.24. The molecule has 3 aromatic rings. The number of halogens is 1. The van der Waals surface area contributed by atoms with Gasteiger partial charge in [0.05, 0.1) is 29.8 Å². The lowest BCUT2D eigenvalue weighted by Crippen LogP contribution is -2.45. The van der Waals surface area contributed by atoms with E-state index >= 15 is 0 Å². The second-order valence-corrected chi connectivity index (χ2v) is 9.08. The van der Waals surface area contributed by atoms with Gasteiger partial charge in [-0.1, -0.05) is 36.8 Å². The molecule has 1 aromatic heterocycles. The second-order valence-electron chi connectivity index (χ2n) is 9.08. The number of aliphatic hydroxyl groups excluding tert-OH is 1. The number of aryl methyl sites for hydroxylation is 1. The zero-order valence-electron chi connectivity index (χ0n) is 17.7. The summed E-state index contributed by atoms with van der Waals surface area (Å²) in [6.07, 6.45) is 7.74. The maximum absolute atomic E-state index is 13.3. The fourth-order valence-corrected chi connectivity index (χ4v) is 5.42. The molecule has 0 amide bonds. The van der Waals surface area contributed by atoms with Crippen LogP contribution in [0, 0.1) is 11.2 Å². The van der Waals surface area contributed by atoms with Crippen molar-refractivity contribution in [2.75, 3.05) is 0 Å². The van der Waals surface area contributed by atoms with Gasteiger partial charge in [-0.2, -0.15) is 5.10 Å². The normalized spacial score (nSPS) is 24.6. The highest BCUT2D eigenvalue weighted by Crippen LogP contribution is 2.56. The SMILES string of the molecule is CC12Cc3cnn(-c4ccc(F)cc4)c3C=C1CC[C@@]2(O)CCc1ccccc1CO. The van der Waals surface area contributed by atoms with E-state index in [1.54, 1.807) is 12.1 Å². The molecule has 5 rings (SSSR count). The second kappa shape index (κ2) is 7.43.